The van der Waals surface area contributed by atoms with Crippen molar-refractivity contribution >= 4 is 17.0 Å². The Labute approximate surface area is 159 Å². The van der Waals surface area contributed by atoms with Crippen LogP contribution in [-0.4, -0.2) is 39.8 Å². The number of rotatable bonds is 3. The second kappa shape index (κ2) is 7.13. The Balaban J connectivity index is 1.85. The molecule has 0 amide bonds. The second-order valence-electron chi connectivity index (χ2n) is 6.81. The van der Waals surface area contributed by atoms with Gasteiger partial charge < -0.3 is 15.2 Å². The van der Waals surface area contributed by atoms with E-state index in [1.54, 1.807) is 4.57 Å². The van der Waals surface area contributed by atoms with E-state index in [-0.39, 0.29) is 25.1 Å². The van der Waals surface area contributed by atoms with Crippen molar-refractivity contribution in [3.05, 3.63) is 53.4 Å². The molecule has 1 fully saturated rings. The molecule has 28 heavy (non-hydrogen) atoms. The van der Waals surface area contributed by atoms with Crippen molar-refractivity contribution in [2.75, 3.05) is 18.0 Å². The molecule has 0 bridgehead atoms. The maximum absolute atomic E-state index is 14.1. The van der Waals surface area contributed by atoms with Crippen LogP contribution in [0.5, 0.6) is 0 Å². The highest BCUT2D eigenvalue weighted by molar-refractivity contribution is 5.84. The molecule has 0 radical (unpaired) electrons. The molecular formula is C19H17F3N6. The fourth-order valence-electron chi connectivity index (χ4n) is 3.46. The Morgan fingerprint density at radius 3 is 2.75 bits per heavy atom. The smallest absolute Gasteiger partial charge is 0.207 e. The summed E-state index contributed by atoms with van der Waals surface area (Å²) in [5.74, 6) is -0.582. The number of nitriles is 1. The van der Waals surface area contributed by atoms with Crippen molar-refractivity contribution in [1.29, 1.82) is 5.26 Å². The molecule has 1 aromatic carbocycles. The van der Waals surface area contributed by atoms with E-state index in [0.717, 1.165) is 12.3 Å². The van der Waals surface area contributed by atoms with Gasteiger partial charge in [-0.25, -0.2) is 18.2 Å². The van der Waals surface area contributed by atoms with Gasteiger partial charge in [-0.15, -0.1) is 0 Å². The van der Waals surface area contributed by atoms with Crippen LogP contribution in [0.2, 0.25) is 0 Å². The molecule has 144 valence electrons. The van der Waals surface area contributed by atoms with Crippen molar-refractivity contribution in [1.82, 2.24) is 14.5 Å². The highest BCUT2D eigenvalue weighted by Gasteiger charge is 2.29. The third-order valence-electron chi connectivity index (χ3n) is 4.88. The first-order valence-electron chi connectivity index (χ1n) is 8.81. The minimum atomic E-state index is -1.10. The Morgan fingerprint density at radius 1 is 1.25 bits per heavy atom. The number of halogens is 3. The first kappa shape index (κ1) is 18.3. The first-order valence-corrected chi connectivity index (χ1v) is 8.81. The number of hydrogen-bond acceptors (Lipinski definition) is 5. The van der Waals surface area contributed by atoms with Crippen LogP contribution in [0.25, 0.3) is 11.0 Å². The molecular weight excluding hydrogens is 369 g/mol. The third kappa shape index (κ3) is 3.27. The van der Waals surface area contributed by atoms with Gasteiger partial charge in [0.05, 0.1) is 35.6 Å². The molecule has 2 aromatic heterocycles. The minimum absolute atomic E-state index is 0.103. The van der Waals surface area contributed by atoms with Crippen molar-refractivity contribution in [2.24, 2.45) is 5.73 Å². The summed E-state index contributed by atoms with van der Waals surface area (Å²) in [5, 5.41) is 9.36. The van der Waals surface area contributed by atoms with E-state index in [4.69, 9.17) is 5.73 Å². The number of piperidine rings is 1. The molecule has 1 aliphatic heterocycles. The van der Waals surface area contributed by atoms with Gasteiger partial charge in [-0.3, -0.25) is 4.98 Å². The van der Waals surface area contributed by atoms with E-state index in [1.807, 2.05) is 11.0 Å². The van der Waals surface area contributed by atoms with Crippen molar-refractivity contribution < 1.29 is 13.2 Å². The normalized spacial score (nSPS) is 19.8. The van der Waals surface area contributed by atoms with Gasteiger partial charge in [0, 0.05) is 13.1 Å². The van der Waals surface area contributed by atoms with Crippen LogP contribution >= 0.6 is 0 Å². The Bertz CT molecular complexity index is 1060. The number of alkyl halides is 1. The summed E-state index contributed by atoms with van der Waals surface area (Å²) in [4.78, 5) is 10.4. The van der Waals surface area contributed by atoms with Crippen molar-refractivity contribution in [3.63, 3.8) is 0 Å². The lowest BCUT2D eigenvalue weighted by Crippen LogP contribution is -2.50. The Kier molecular flexibility index (Phi) is 4.65. The first-order chi connectivity index (χ1) is 13.5. The molecule has 0 unspecified atom stereocenters. The van der Waals surface area contributed by atoms with Gasteiger partial charge in [0.25, 0.3) is 0 Å². The summed E-state index contributed by atoms with van der Waals surface area (Å²) >= 11 is 0. The summed E-state index contributed by atoms with van der Waals surface area (Å²) < 4.78 is 42.8. The Hall–Kier alpha value is -3.12. The standard InChI is InChI=1S/C19H17F3N6/c20-12-1-2-14(25-8-12)9-28-17-6-13(21)5-11(7-23)18(17)26-19(28)27-4-3-15(22)16(24)10-27/h1-2,5-6,8,15-16H,3-4,9-10,24H2/t15-,16-/m1/s1. The summed E-state index contributed by atoms with van der Waals surface area (Å²) in [7, 11) is 0. The second-order valence-corrected chi connectivity index (χ2v) is 6.81. The van der Waals surface area contributed by atoms with E-state index in [0.29, 0.717) is 29.2 Å². The summed E-state index contributed by atoms with van der Waals surface area (Å²) in [5.41, 5.74) is 7.27. The molecule has 0 aliphatic carbocycles. The van der Waals surface area contributed by atoms with Gasteiger partial charge in [0.2, 0.25) is 5.95 Å². The maximum atomic E-state index is 14.1. The molecule has 3 heterocycles. The molecule has 3 aromatic rings. The van der Waals surface area contributed by atoms with Crippen LogP contribution in [0.4, 0.5) is 19.1 Å². The average molecular weight is 386 g/mol. The zero-order valence-corrected chi connectivity index (χ0v) is 14.8. The molecule has 1 saturated heterocycles. The van der Waals surface area contributed by atoms with Gasteiger partial charge in [0.1, 0.15) is 29.4 Å². The molecule has 2 N–H and O–H groups in total. The van der Waals surface area contributed by atoms with Gasteiger partial charge in [-0.1, -0.05) is 0 Å². The van der Waals surface area contributed by atoms with E-state index < -0.39 is 23.8 Å². The van der Waals surface area contributed by atoms with Crippen LogP contribution in [0.1, 0.15) is 17.7 Å². The highest BCUT2D eigenvalue weighted by Crippen LogP contribution is 2.29. The molecule has 4 rings (SSSR count). The number of nitrogens with two attached hydrogens (primary N) is 1. The number of pyridine rings is 1. The summed E-state index contributed by atoms with van der Waals surface area (Å²) in [6.45, 7) is 0.816. The lowest BCUT2D eigenvalue weighted by Gasteiger charge is -2.34. The van der Waals surface area contributed by atoms with Gasteiger partial charge in [0.15, 0.2) is 0 Å². The summed E-state index contributed by atoms with van der Waals surface area (Å²) in [6, 6.07) is 6.51. The largest absolute Gasteiger partial charge is 0.340 e. The molecule has 6 nitrogen and oxygen atoms in total. The van der Waals surface area contributed by atoms with Crippen molar-refractivity contribution in [2.45, 2.75) is 25.2 Å². The molecule has 0 saturated carbocycles. The third-order valence-corrected chi connectivity index (χ3v) is 4.88. The number of hydrogen-bond donors (Lipinski definition) is 1. The molecule has 2 atom stereocenters. The van der Waals surface area contributed by atoms with E-state index in [9.17, 15) is 18.4 Å². The number of benzene rings is 1. The van der Waals surface area contributed by atoms with Crippen LogP contribution in [0, 0.1) is 23.0 Å². The van der Waals surface area contributed by atoms with Gasteiger partial charge >= 0.3 is 0 Å². The minimum Gasteiger partial charge on any atom is -0.340 e. The fraction of sp³-hybridized carbons (Fsp3) is 0.316. The number of aromatic nitrogens is 3. The SMILES string of the molecule is N#Cc1cc(F)cc2c1nc(N1CC[C@@H](F)[C@H](N)C1)n2Cc1ccc(F)cn1. The van der Waals surface area contributed by atoms with Gasteiger partial charge in [-0.05, 0) is 30.7 Å². The van der Waals surface area contributed by atoms with Crippen LogP contribution in [-0.2, 0) is 6.54 Å². The maximum Gasteiger partial charge on any atom is 0.207 e. The highest BCUT2D eigenvalue weighted by atomic mass is 19.1. The predicted molar refractivity (Wildman–Crippen MR) is 97.4 cm³/mol. The van der Waals surface area contributed by atoms with E-state index in [1.165, 1.54) is 18.2 Å². The fourth-order valence-corrected chi connectivity index (χ4v) is 3.46. The molecule has 0 spiro atoms. The van der Waals surface area contributed by atoms with Gasteiger partial charge in [-0.2, -0.15) is 5.26 Å². The number of imidazole rings is 1. The quantitative estimate of drug-likeness (QED) is 0.748. The van der Waals surface area contributed by atoms with Crippen LogP contribution in [0.3, 0.4) is 0 Å². The molecule has 1 aliphatic rings. The van der Waals surface area contributed by atoms with E-state index in [2.05, 4.69) is 9.97 Å². The average Bonchev–Trinajstić information content (AvgIpc) is 3.03. The Morgan fingerprint density at radius 2 is 2.07 bits per heavy atom. The topological polar surface area (TPSA) is 83.8 Å². The van der Waals surface area contributed by atoms with Crippen molar-refractivity contribution in [3.8, 4) is 6.07 Å². The zero-order valence-electron chi connectivity index (χ0n) is 14.8. The van der Waals surface area contributed by atoms with E-state index >= 15 is 0 Å². The predicted octanol–water partition coefficient (Wildman–Crippen LogP) is 2.50. The van der Waals surface area contributed by atoms with Crippen LogP contribution in [0.15, 0.2) is 30.5 Å². The molecule has 9 heteroatoms. The summed E-state index contributed by atoms with van der Waals surface area (Å²) in [6.07, 6.45) is 0.249. The monoisotopic (exact) mass is 386 g/mol. The zero-order chi connectivity index (χ0) is 19.8. The number of anilines is 1. The lowest BCUT2D eigenvalue weighted by atomic mass is 10.1. The van der Waals surface area contributed by atoms with Crippen LogP contribution < -0.4 is 10.6 Å². The number of nitrogens with zero attached hydrogens (tertiary/aromatic N) is 5. The number of fused-ring (bicyclic) bond motifs is 1. The lowest BCUT2D eigenvalue weighted by molar-refractivity contribution is 0.243.